The van der Waals surface area contributed by atoms with E-state index in [1.54, 1.807) is 36.7 Å². The summed E-state index contributed by atoms with van der Waals surface area (Å²) in [6.45, 7) is 0.192. The average Bonchev–Trinajstić information content (AvgIpc) is 3.19. The molecule has 0 radical (unpaired) electrons. The van der Waals surface area contributed by atoms with E-state index < -0.39 is 0 Å². The number of hydrogen-bond acceptors (Lipinski definition) is 6. The molecule has 0 unspecified atom stereocenters. The largest absolute Gasteiger partial charge is 0.454 e. The average molecular weight is 309 g/mol. The van der Waals surface area contributed by atoms with E-state index in [1.807, 2.05) is 6.07 Å². The highest BCUT2D eigenvalue weighted by Crippen LogP contribution is 2.37. The monoisotopic (exact) mass is 309 g/mol. The van der Waals surface area contributed by atoms with E-state index in [1.165, 1.54) is 0 Å². The van der Waals surface area contributed by atoms with Gasteiger partial charge in [-0.15, -0.1) is 5.11 Å². The highest BCUT2D eigenvalue weighted by Gasteiger charge is 2.17. The molecule has 3 aromatic rings. The van der Waals surface area contributed by atoms with Crippen molar-refractivity contribution in [1.29, 1.82) is 0 Å². The summed E-state index contributed by atoms with van der Waals surface area (Å²) in [5.41, 5.74) is 1.73. The molecule has 114 valence electrons. The molecular formula is C15H11N5O3. The zero-order chi connectivity index (χ0) is 15.6. The quantitative estimate of drug-likeness (QED) is 0.726. The summed E-state index contributed by atoms with van der Waals surface area (Å²) in [6.07, 6.45) is 3.21. The molecule has 1 aliphatic rings. The van der Waals surface area contributed by atoms with Crippen LogP contribution in [0.25, 0.3) is 11.3 Å². The lowest BCUT2D eigenvalue weighted by atomic mass is 10.1. The van der Waals surface area contributed by atoms with Gasteiger partial charge in [-0.1, -0.05) is 0 Å². The van der Waals surface area contributed by atoms with Crippen molar-refractivity contribution in [2.75, 3.05) is 6.79 Å². The number of aromatic nitrogens is 3. The second-order valence-corrected chi connectivity index (χ2v) is 4.78. The first-order valence-corrected chi connectivity index (χ1v) is 6.84. The number of ether oxygens (including phenoxy) is 2. The van der Waals surface area contributed by atoms with Gasteiger partial charge in [0.05, 0.1) is 11.4 Å². The molecule has 1 aromatic carbocycles. The van der Waals surface area contributed by atoms with Crippen LogP contribution in [0.1, 0.15) is 0 Å². The van der Waals surface area contributed by atoms with Crippen LogP contribution in [0, 0.1) is 0 Å². The van der Waals surface area contributed by atoms with Gasteiger partial charge in [0.1, 0.15) is 0 Å². The van der Waals surface area contributed by atoms with Crippen molar-refractivity contribution in [3.63, 3.8) is 0 Å². The van der Waals surface area contributed by atoms with E-state index in [2.05, 4.69) is 25.4 Å². The molecule has 4 rings (SSSR count). The maximum Gasteiger partial charge on any atom is 0.292 e. The summed E-state index contributed by atoms with van der Waals surface area (Å²) in [7, 11) is 0. The van der Waals surface area contributed by atoms with E-state index in [9.17, 15) is 4.79 Å². The third-order valence-corrected chi connectivity index (χ3v) is 3.34. The lowest BCUT2D eigenvalue weighted by Gasteiger charge is -2.01. The van der Waals surface area contributed by atoms with Gasteiger partial charge >= 0.3 is 0 Å². The Bertz CT molecular complexity index is 930. The third-order valence-electron chi connectivity index (χ3n) is 3.34. The number of hydrogen-bond donors (Lipinski definition) is 2. The Morgan fingerprint density at radius 2 is 1.83 bits per heavy atom. The summed E-state index contributed by atoms with van der Waals surface area (Å²) in [5, 5.41) is 13.5. The molecule has 0 aliphatic carbocycles. The van der Waals surface area contributed by atoms with Crippen molar-refractivity contribution in [2.45, 2.75) is 0 Å². The Hall–Kier alpha value is -3.42. The molecule has 2 aromatic heterocycles. The van der Waals surface area contributed by atoms with Crippen LogP contribution in [0.3, 0.4) is 0 Å². The highest BCUT2D eigenvalue weighted by atomic mass is 16.7. The zero-order valence-corrected chi connectivity index (χ0v) is 11.8. The SMILES string of the molecule is O=c1[nH][nH]c(-c2ccc3c(c2)OCO3)c1N=Nc1ccncc1. The molecule has 8 nitrogen and oxygen atoms in total. The number of aromatic amines is 2. The predicted octanol–water partition coefficient (Wildman–Crippen LogP) is 2.91. The summed E-state index contributed by atoms with van der Waals surface area (Å²) in [4.78, 5) is 15.9. The van der Waals surface area contributed by atoms with Gasteiger partial charge in [-0.05, 0) is 30.3 Å². The Labute approximate surface area is 129 Å². The zero-order valence-electron chi connectivity index (χ0n) is 11.8. The van der Waals surface area contributed by atoms with Crippen LogP contribution >= 0.6 is 0 Å². The molecule has 0 atom stereocenters. The molecular weight excluding hydrogens is 298 g/mol. The van der Waals surface area contributed by atoms with Gasteiger partial charge in [0.25, 0.3) is 5.56 Å². The fraction of sp³-hybridized carbons (Fsp3) is 0.0667. The van der Waals surface area contributed by atoms with E-state index in [4.69, 9.17) is 9.47 Å². The Morgan fingerprint density at radius 3 is 2.70 bits per heavy atom. The van der Waals surface area contributed by atoms with Crippen LogP contribution in [0.15, 0.2) is 57.7 Å². The van der Waals surface area contributed by atoms with Crippen LogP contribution < -0.4 is 15.0 Å². The van der Waals surface area contributed by atoms with Crippen molar-refractivity contribution in [3.05, 3.63) is 53.1 Å². The van der Waals surface area contributed by atoms with Gasteiger partial charge in [-0.25, -0.2) is 0 Å². The van der Waals surface area contributed by atoms with Crippen LogP contribution in [0.4, 0.5) is 11.4 Å². The van der Waals surface area contributed by atoms with Crippen LogP contribution in [0.5, 0.6) is 11.5 Å². The van der Waals surface area contributed by atoms with Gasteiger partial charge in [-0.2, -0.15) is 5.11 Å². The molecule has 8 heteroatoms. The van der Waals surface area contributed by atoms with Gasteiger partial charge in [0.2, 0.25) is 6.79 Å². The first kappa shape index (κ1) is 13.3. The van der Waals surface area contributed by atoms with E-state index in [0.29, 0.717) is 22.9 Å². The number of azo groups is 1. The first-order valence-electron chi connectivity index (χ1n) is 6.84. The summed E-state index contributed by atoms with van der Waals surface area (Å²) in [6, 6.07) is 8.78. The van der Waals surface area contributed by atoms with Crippen molar-refractivity contribution in [3.8, 4) is 22.8 Å². The van der Waals surface area contributed by atoms with Crippen LogP contribution in [-0.2, 0) is 0 Å². The second-order valence-electron chi connectivity index (χ2n) is 4.78. The van der Waals surface area contributed by atoms with Gasteiger partial charge in [0.15, 0.2) is 17.2 Å². The summed E-state index contributed by atoms with van der Waals surface area (Å²) in [5.74, 6) is 1.30. The maximum atomic E-state index is 12.0. The minimum Gasteiger partial charge on any atom is -0.454 e. The predicted molar refractivity (Wildman–Crippen MR) is 81.4 cm³/mol. The Kier molecular flexibility index (Phi) is 3.12. The summed E-state index contributed by atoms with van der Waals surface area (Å²) >= 11 is 0. The summed E-state index contributed by atoms with van der Waals surface area (Å²) < 4.78 is 10.6. The van der Waals surface area contributed by atoms with Crippen molar-refractivity contribution in [2.24, 2.45) is 10.2 Å². The maximum absolute atomic E-state index is 12.0. The fourth-order valence-electron chi connectivity index (χ4n) is 2.23. The number of rotatable bonds is 3. The fourth-order valence-corrected chi connectivity index (χ4v) is 2.23. The lowest BCUT2D eigenvalue weighted by molar-refractivity contribution is 0.174. The Balaban J connectivity index is 1.73. The van der Waals surface area contributed by atoms with Crippen molar-refractivity contribution < 1.29 is 9.47 Å². The number of fused-ring (bicyclic) bond motifs is 1. The van der Waals surface area contributed by atoms with E-state index >= 15 is 0 Å². The normalized spacial score (nSPS) is 12.9. The molecule has 0 bridgehead atoms. The highest BCUT2D eigenvalue weighted by molar-refractivity contribution is 5.73. The standard InChI is InChI=1S/C15H11N5O3/c21-15-14(19-17-10-3-5-16-6-4-10)13(18-20-15)9-1-2-11-12(7-9)23-8-22-11/h1-7H,8H2,(H2,18,20,21). The topological polar surface area (TPSA) is 105 Å². The van der Waals surface area contributed by atoms with E-state index in [0.717, 1.165) is 5.56 Å². The molecule has 23 heavy (non-hydrogen) atoms. The van der Waals surface area contributed by atoms with Crippen molar-refractivity contribution in [1.82, 2.24) is 15.2 Å². The number of pyridine rings is 1. The molecule has 3 heterocycles. The van der Waals surface area contributed by atoms with Gasteiger partial charge in [-0.3, -0.25) is 20.0 Å². The molecule has 0 spiro atoms. The molecule has 2 N–H and O–H groups in total. The lowest BCUT2D eigenvalue weighted by Crippen LogP contribution is -1.96. The smallest absolute Gasteiger partial charge is 0.292 e. The molecule has 0 fully saturated rings. The van der Waals surface area contributed by atoms with E-state index in [-0.39, 0.29) is 18.0 Å². The number of nitrogens with zero attached hydrogens (tertiary/aromatic N) is 3. The minimum absolute atomic E-state index is 0.192. The molecule has 0 saturated heterocycles. The number of benzene rings is 1. The second kappa shape index (κ2) is 5.41. The molecule has 0 amide bonds. The minimum atomic E-state index is -0.351. The van der Waals surface area contributed by atoms with Crippen LogP contribution in [0.2, 0.25) is 0 Å². The number of H-pyrrole nitrogens is 2. The van der Waals surface area contributed by atoms with Gasteiger partial charge < -0.3 is 9.47 Å². The van der Waals surface area contributed by atoms with Crippen LogP contribution in [-0.4, -0.2) is 22.0 Å². The molecule has 0 saturated carbocycles. The first-order chi connectivity index (χ1) is 11.3. The molecule has 1 aliphatic heterocycles. The van der Waals surface area contributed by atoms with Crippen molar-refractivity contribution >= 4 is 11.4 Å². The number of nitrogens with one attached hydrogen (secondary N) is 2. The third kappa shape index (κ3) is 2.46. The van der Waals surface area contributed by atoms with Gasteiger partial charge in [0, 0.05) is 18.0 Å². The Morgan fingerprint density at radius 1 is 1.00 bits per heavy atom.